The highest BCUT2D eigenvalue weighted by Crippen LogP contribution is 2.39. The maximum Gasteiger partial charge on any atom is 0.306 e. The minimum absolute atomic E-state index is 0.166. The Kier molecular flexibility index (Phi) is 2.47. The van der Waals surface area contributed by atoms with E-state index in [-0.39, 0.29) is 11.8 Å². The maximum atomic E-state index is 12.8. The van der Waals surface area contributed by atoms with Crippen LogP contribution in [-0.4, -0.2) is 5.97 Å². The van der Waals surface area contributed by atoms with E-state index in [2.05, 4.69) is 0 Å². The predicted octanol–water partition coefficient (Wildman–Crippen LogP) is 2.77. The summed E-state index contributed by atoms with van der Waals surface area (Å²) in [4.78, 5) is 11.2. The predicted molar refractivity (Wildman–Crippen MR) is 53.7 cm³/mol. The first-order valence-corrected chi connectivity index (χ1v) is 5.14. The molecule has 1 fully saturated rings. The lowest BCUT2D eigenvalue weighted by Gasteiger charge is -2.26. The fourth-order valence-electron chi connectivity index (χ4n) is 2.03. The van der Waals surface area contributed by atoms with E-state index in [0.29, 0.717) is 12.8 Å². The Morgan fingerprint density at radius 1 is 1.40 bits per heavy atom. The Bertz CT molecular complexity index is 372. The van der Waals surface area contributed by atoms with E-state index in [1.54, 1.807) is 12.1 Å². The number of hydrogen-bond donors (Lipinski definition) is 0. The number of rotatable bonds is 2. The molecule has 0 spiro atoms. The summed E-state index contributed by atoms with van der Waals surface area (Å²) in [6.45, 7) is 1.97. The van der Waals surface area contributed by atoms with E-state index in [1.165, 1.54) is 12.1 Å². The molecule has 0 N–H and O–H groups in total. The van der Waals surface area contributed by atoms with Gasteiger partial charge in [0.25, 0.3) is 0 Å². The Morgan fingerprint density at radius 2 is 2.07 bits per heavy atom. The van der Waals surface area contributed by atoms with Crippen molar-refractivity contribution in [3.63, 3.8) is 0 Å². The lowest BCUT2D eigenvalue weighted by molar-refractivity contribution is -0.149. The SMILES string of the molecule is CCC1(c2ccc(F)cc2)CCC(=O)O1. The van der Waals surface area contributed by atoms with E-state index in [9.17, 15) is 9.18 Å². The molecule has 0 aliphatic carbocycles. The summed E-state index contributed by atoms with van der Waals surface area (Å²) < 4.78 is 18.1. The summed E-state index contributed by atoms with van der Waals surface area (Å²) in [5, 5.41) is 0. The van der Waals surface area contributed by atoms with Gasteiger partial charge in [-0.05, 0) is 24.1 Å². The van der Waals surface area contributed by atoms with Crippen LogP contribution in [0.5, 0.6) is 0 Å². The molecule has 1 saturated heterocycles. The Hall–Kier alpha value is -1.38. The highest BCUT2D eigenvalue weighted by molar-refractivity contribution is 5.72. The lowest BCUT2D eigenvalue weighted by atomic mass is 9.88. The molecule has 1 heterocycles. The molecule has 1 aromatic carbocycles. The number of esters is 1. The third-order valence-corrected chi connectivity index (χ3v) is 2.98. The topological polar surface area (TPSA) is 26.3 Å². The molecule has 1 aromatic rings. The van der Waals surface area contributed by atoms with Crippen LogP contribution >= 0.6 is 0 Å². The smallest absolute Gasteiger partial charge is 0.306 e. The third-order valence-electron chi connectivity index (χ3n) is 2.98. The molecule has 0 amide bonds. The summed E-state index contributed by atoms with van der Waals surface area (Å²) in [5.41, 5.74) is 0.363. The van der Waals surface area contributed by atoms with Gasteiger partial charge in [-0.1, -0.05) is 19.1 Å². The maximum absolute atomic E-state index is 12.8. The van der Waals surface area contributed by atoms with Gasteiger partial charge in [-0.25, -0.2) is 4.39 Å². The number of benzene rings is 1. The molecule has 3 heteroatoms. The van der Waals surface area contributed by atoms with Gasteiger partial charge in [-0.2, -0.15) is 0 Å². The summed E-state index contributed by atoms with van der Waals surface area (Å²) in [5.74, 6) is -0.435. The molecule has 0 bridgehead atoms. The molecule has 80 valence electrons. The molecule has 1 atom stereocenters. The zero-order chi connectivity index (χ0) is 10.9. The molecule has 0 saturated carbocycles. The zero-order valence-electron chi connectivity index (χ0n) is 8.63. The van der Waals surface area contributed by atoms with Gasteiger partial charge in [0.05, 0.1) is 0 Å². The first kappa shape index (κ1) is 10.1. The van der Waals surface area contributed by atoms with Crippen LogP contribution in [0.2, 0.25) is 0 Å². The second-order valence-corrected chi connectivity index (χ2v) is 3.83. The highest BCUT2D eigenvalue weighted by Gasteiger charge is 2.40. The summed E-state index contributed by atoms with van der Waals surface area (Å²) in [6, 6.07) is 6.19. The van der Waals surface area contributed by atoms with E-state index in [4.69, 9.17) is 4.74 Å². The molecular formula is C12H13FO2. The van der Waals surface area contributed by atoms with Gasteiger partial charge >= 0.3 is 5.97 Å². The average molecular weight is 208 g/mol. The lowest BCUT2D eigenvalue weighted by Crippen LogP contribution is -2.24. The van der Waals surface area contributed by atoms with Crippen LogP contribution in [0.1, 0.15) is 31.7 Å². The van der Waals surface area contributed by atoms with Gasteiger partial charge < -0.3 is 4.74 Å². The summed E-state index contributed by atoms with van der Waals surface area (Å²) in [6.07, 6.45) is 1.86. The number of halogens is 1. The Morgan fingerprint density at radius 3 is 2.53 bits per heavy atom. The van der Waals surface area contributed by atoms with Crippen LogP contribution < -0.4 is 0 Å². The largest absolute Gasteiger partial charge is 0.454 e. The standard InChI is InChI=1S/C12H13FO2/c1-2-12(8-7-11(14)15-12)9-3-5-10(13)6-4-9/h3-6H,2,7-8H2,1H3. The number of carbonyl (C=O) groups is 1. The second-order valence-electron chi connectivity index (χ2n) is 3.83. The van der Waals surface area contributed by atoms with Crippen molar-refractivity contribution in [2.45, 2.75) is 31.8 Å². The van der Waals surface area contributed by atoms with Crippen LogP contribution in [0.3, 0.4) is 0 Å². The van der Waals surface area contributed by atoms with E-state index >= 15 is 0 Å². The first-order valence-electron chi connectivity index (χ1n) is 5.14. The van der Waals surface area contributed by atoms with Crippen LogP contribution in [0.4, 0.5) is 4.39 Å². The van der Waals surface area contributed by atoms with E-state index in [1.807, 2.05) is 6.92 Å². The van der Waals surface area contributed by atoms with Crippen molar-refractivity contribution in [2.24, 2.45) is 0 Å². The van der Waals surface area contributed by atoms with Gasteiger partial charge in [0.15, 0.2) is 0 Å². The Balaban J connectivity index is 2.34. The van der Waals surface area contributed by atoms with Gasteiger partial charge in [0.2, 0.25) is 0 Å². The van der Waals surface area contributed by atoms with Crippen LogP contribution in [0.15, 0.2) is 24.3 Å². The second kappa shape index (κ2) is 3.65. The Labute approximate surface area is 88.1 Å². The van der Waals surface area contributed by atoms with Crippen LogP contribution in [-0.2, 0) is 15.1 Å². The fourth-order valence-corrected chi connectivity index (χ4v) is 2.03. The number of cyclic esters (lactones) is 1. The monoisotopic (exact) mass is 208 g/mol. The van der Waals surface area contributed by atoms with Crippen LogP contribution in [0, 0.1) is 5.82 Å². The average Bonchev–Trinajstić information content (AvgIpc) is 2.62. The van der Waals surface area contributed by atoms with Gasteiger partial charge in [-0.15, -0.1) is 0 Å². The van der Waals surface area contributed by atoms with Crippen molar-refractivity contribution < 1.29 is 13.9 Å². The van der Waals surface area contributed by atoms with Crippen molar-refractivity contribution >= 4 is 5.97 Å². The van der Waals surface area contributed by atoms with E-state index in [0.717, 1.165) is 12.0 Å². The number of hydrogen-bond acceptors (Lipinski definition) is 2. The molecule has 15 heavy (non-hydrogen) atoms. The highest BCUT2D eigenvalue weighted by atomic mass is 19.1. The molecule has 0 aromatic heterocycles. The summed E-state index contributed by atoms with van der Waals surface area (Å²) in [7, 11) is 0. The van der Waals surface area contributed by atoms with Gasteiger partial charge in [-0.3, -0.25) is 4.79 Å². The molecule has 2 nitrogen and oxygen atoms in total. The quantitative estimate of drug-likeness (QED) is 0.698. The van der Waals surface area contributed by atoms with Crippen molar-refractivity contribution in [1.29, 1.82) is 0 Å². The third kappa shape index (κ3) is 1.74. The molecule has 2 rings (SSSR count). The number of carbonyl (C=O) groups excluding carboxylic acids is 1. The molecule has 1 unspecified atom stereocenters. The molecular weight excluding hydrogens is 195 g/mol. The van der Waals surface area contributed by atoms with E-state index < -0.39 is 5.60 Å². The fraction of sp³-hybridized carbons (Fsp3) is 0.417. The molecule has 1 aliphatic rings. The van der Waals surface area contributed by atoms with Crippen LogP contribution in [0.25, 0.3) is 0 Å². The van der Waals surface area contributed by atoms with Gasteiger partial charge in [0.1, 0.15) is 11.4 Å². The van der Waals surface area contributed by atoms with Crippen molar-refractivity contribution in [3.8, 4) is 0 Å². The van der Waals surface area contributed by atoms with Crippen molar-refractivity contribution in [2.75, 3.05) is 0 Å². The van der Waals surface area contributed by atoms with Crippen molar-refractivity contribution in [1.82, 2.24) is 0 Å². The normalized spacial score (nSPS) is 25.3. The minimum Gasteiger partial charge on any atom is -0.454 e. The minimum atomic E-state index is -0.523. The number of ether oxygens (including phenoxy) is 1. The van der Waals surface area contributed by atoms with Gasteiger partial charge in [0, 0.05) is 12.8 Å². The van der Waals surface area contributed by atoms with Crippen molar-refractivity contribution in [3.05, 3.63) is 35.6 Å². The molecule has 0 radical (unpaired) electrons. The first-order chi connectivity index (χ1) is 7.16. The summed E-state index contributed by atoms with van der Waals surface area (Å²) >= 11 is 0. The molecule has 1 aliphatic heterocycles. The zero-order valence-corrected chi connectivity index (χ0v) is 8.63.